The SMILES string of the molecule is CCN(C)C(=O)CNc1c(C)cc(C)cc1Br. The Morgan fingerprint density at radius 2 is 2.06 bits per heavy atom. The summed E-state index contributed by atoms with van der Waals surface area (Å²) in [5, 5.41) is 3.19. The van der Waals surface area contributed by atoms with Gasteiger partial charge in [-0.15, -0.1) is 0 Å². The molecular weight excluding hydrogens is 280 g/mol. The highest BCUT2D eigenvalue weighted by molar-refractivity contribution is 9.10. The summed E-state index contributed by atoms with van der Waals surface area (Å²) in [5.74, 6) is 0.0966. The van der Waals surface area contributed by atoms with E-state index in [9.17, 15) is 4.79 Å². The first-order chi connectivity index (χ1) is 7.95. The van der Waals surface area contributed by atoms with Gasteiger partial charge >= 0.3 is 0 Å². The van der Waals surface area contributed by atoms with Gasteiger partial charge in [0, 0.05) is 18.1 Å². The molecule has 0 saturated carbocycles. The summed E-state index contributed by atoms with van der Waals surface area (Å²) >= 11 is 3.51. The van der Waals surface area contributed by atoms with Crippen molar-refractivity contribution in [3.05, 3.63) is 27.7 Å². The highest BCUT2D eigenvalue weighted by atomic mass is 79.9. The van der Waals surface area contributed by atoms with Crippen molar-refractivity contribution in [2.45, 2.75) is 20.8 Å². The lowest BCUT2D eigenvalue weighted by atomic mass is 10.1. The number of likely N-dealkylation sites (N-methyl/N-ethyl adjacent to an activating group) is 1. The van der Waals surface area contributed by atoms with Gasteiger partial charge in [-0.05, 0) is 53.9 Å². The summed E-state index contributed by atoms with van der Waals surface area (Å²) in [6, 6.07) is 4.14. The molecule has 0 aromatic heterocycles. The van der Waals surface area contributed by atoms with E-state index in [0.29, 0.717) is 6.54 Å². The van der Waals surface area contributed by atoms with Crippen LogP contribution in [0.4, 0.5) is 5.69 Å². The van der Waals surface area contributed by atoms with E-state index in [4.69, 9.17) is 0 Å². The number of hydrogen-bond acceptors (Lipinski definition) is 2. The number of hydrogen-bond donors (Lipinski definition) is 1. The van der Waals surface area contributed by atoms with Crippen LogP contribution in [-0.2, 0) is 4.79 Å². The van der Waals surface area contributed by atoms with Crippen molar-refractivity contribution in [3.63, 3.8) is 0 Å². The summed E-state index contributed by atoms with van der Waals surface area (Å²) in [6.07, 6.45) is 0. The maximum absolute atomic E-state index is 11.7. The van der Waals surface area contributed by atoms with Gasteiger partial charge in [-0.25, -0.2) is 0 Å². The summed E-state index contributed by atoms with van der Waals surface area (Å²) in [5.41, 5.74) is 3.34. The zero-order chi connectivity index (χ0) is 13.0. The van der Waals surface area contributed by atoms with Crippen LogP contribution in [-0.4, -0.2) is 30.9 Å². The lowest BCUT2D eigenvalue weighted by Gasteiger charge is -2.17. The topological polar surface area (TPSA) is 32.3 Å². The van der Waals surface area contributed by atoms with E-state index in [1.54, 1.807) is 11.9 Å². The summed E-state index contributed by atoms with van der Waals surface area (Å²) in [4.78, 5) is 13.4. The zero-order valence-corrected chi connectivity index (χ0v) is 12.4. The Kier molecular flexibility index (Phi) is 5.00. The Bertz CT molecular complexity index is 395. The number of carbonyl (C=O) groups is 1. The van der Waals surface area contributed by atoms with Gasteiger partial charge in [-0.1, -0.05) is 6.07 Å². The molecule has 1 rings (SSSR count). The Labute approximate surface area is 111 Å². The first kappa shape index (κ1) is 14.0. The van der Waals surface area contributed by atoms with Crippen LogP contribution in [0.5, 0.6) is 0 Å². The third kappa shape index (κ3) is 3.73. The lowest BCUT2D eigenvalue weighted by molar-refractivity contribution is -0.127. The number of nitrogens with one attached hydrogen (secondary N) is 1. The highest BCUT2D eigenvalue weighted by Crippen LogP contribution is 2.27. The highest BCUT2D eigenvalue weighted by Gasteiger charge is 2.09. The van der Waals surface area contributed by atoms with E-state index in [2.05, 4.69) is 34.2 Å². The lowest BCUT2D eigenvalue weighted by Crippen LogP contribution is -2.32. The predicted molar refractivity (Wildman–Crippen MR) is 75.4 cm³/mol. The largest absolute Gasteiger partial charge is 0.375 e. The summed E-state index contributed by atoms with van der Waals surface area (Å²) in [7, 11) is 1.81. The average Bonchev–Trinajstić information content (AvgIpc) is 2.26. The van der Waals surface area contributed by atoms with E-state index in [1.807, 2.05) is 19.9 Å². The molecular formula is C13H19BrN2O. The molecule has 0 aliphatic rings. The third-order valence-electron chi connectivity index (χ3n) is 2.75. The number of benzene rings is 1. The number of rotatable bonds is 4. The molecule has 1 N–H and O–H groups in total. The van der Waals surface area contributed by atoms with E-state index in [-0.39, 0.29) is 5.91 Å². The Balaban J connectivity index is 2.73. The van der Waals surface area contributed by atoms with Gasteiger partial charge in [-0.2, -0.15) is 0 Å². The monoisotopic (exact) mass is 298 g/mol. The molecule has 4 heteroatoms. The summed E-state index contributed by atoms with van der Waals surface area (Å²) in [6.45, 7) is 7.11. The number of aryl methyl sites for hydroxylation is 2. The number of nitrogens with zero attached hydrogens (tertiary/aromatic N) is 1. The van der Waals surface area contributed by atoms with Gasteiger partial charge in [-0.3, -0.25) is 4.79 Å². The molecule has 0 bridgehead atoms. The normalized spacial score (nSPS) is 10.2. The molecule has 0 spiro atoms. The first-order valence-corrected chi connectivity index (χ1v) is 6.49. The molecule has 1 aromatic rings. The second-order valence-electron chi connectivity index (χ2n) is 4.20. The Hall–Kier alpha value is -1.03. The fourth-order valence-corrected chi connectivity index (χ4v) is 2.43. The van der Waals surface area contributed by atoms with Gasteiger partial charge < -0.3 is 10.2 Å². The zero-order valence-electron chi connectivity index (χ0n) is 10.8. The van der Waals surface area contributed by atoms with E-state index < -0.39 is 0 Å². The van der Waals surface area contributed by atoms with Crippen LogP contribution in [0.15, 0.2) is 16.6 Å². The maximum atomic E-state index is 11.7. The van der Waals surface area contributed by atoms with Crippen LogP contribution < -0.4 is 5.32 Å². The molecule has 17 heavy (non-hydrogen) atoms. The number of amides is 1. The van der Waals surface area contributed by atoms with Crippen LogP contribution in [0, 0.1) is 13.8 Å². The van der Waals surface area contributed by atoms with Crippen molar-refractivity contribution >= 4 is 27.5 Å². The van der Waals surface area contributed by atoms with Crippen molar-refractivity contribution in [2.75, 3.05) is 25.5 Å². The number of carbonyl (C=O) groups excluding carboxylic acids is 1. The second kappa shape index (κ2) is 6.05. The molecule has 0 radical (unpaired) electrons. The molecule has 0 saturated heterocycles. The maximum Gasteiger partial charge on any atom is 0.241 e. The van der Waals surface area contributed by atoms with Crippen molar-refractivity contribution < 1.29 is 4.79 Å². The minimum atomic E-state index is 0.0966. The van der Waals surface area contributed by atoms with Crippen molar-refractivity contribution in [1.82, 2.24) is 4.90 Å². The van der Waals surface area contributed by atoms with Crippen LogP contribution in [0.1, 0.15) is 18.1 Å². The van der Waals surface area contributed by atoms with E-state index >= 15 is 0 Å². The molecule has 3 nitrogen and oxygen atoms in total. The van der Waals surface area contributed by atoms with Crippen LogP contribution >= 0.6 is 15.9 Å². The Morgan fingerprint density at radius 3 is 2.59 bits per heavy atom. The van der Waals surface area contributed by atoms with Crippen LogP contribution in [0.3, 0.4) is 0 Å². The van der Waals surface area contributed by atoms with Gasteiger partial charge in [0.2, 0.25) is 5.91 Å². The van der Waals surface area contributed by atoms with Crippen LogP contribution in [0.2, 0.25) is 0 Å². The van der Waals surface area contributed by atoms with E-state index in [0.717, 1.165) is 22.3 Å². The fraction of sp³-hybridized carbons (Fsp3) is 0.462. The smallest absolute Gasteiger partial charge is 0.241 e. The fourth-order valence-electron chi connectivity index (χ4n) is 1.61. The van der Waals surface area contributed by atoms with E-state index in [1.165, 1.54) is 5.56 Å². The molecule has 0 aliphatic carbocycles. The van der Waals surface area contributed by atoms with Gasteiger partial charge in [0.25, 0.3) is 0 Å². The standard InChI is InChI=1S/C13H19BrN2O/c1-5-16(4)12(17)8-15-13-10(3)6-9(2)7-11(13)14/h6-7,15H,5,8H2,1-4H3. The molecule has 0 atom stereocenters. The molecule has 0 unspecified atom stereocenters. The van der Waals surface area contributed by atoms with Gasteiger partial charge in [0.1, 0.15) is 0 Å². The quantitative estimate of drug-likeness (QED) is 0.927. The van der Waals surface area contributed by atoms with Gasteiger partial charge in [0.05, 0.1) is 12.2 Å². The Morgan fingerprint density at radius 1 is 1.41 bits per heavy atom. The van der Waals surface area contributed by atoms with Crippen molar-refractivity contribution in [3.8, 4) is 0 Å². The average molecular weight is 299 g/mol. The molecule has 0 aliphatic heterocycles. The molecule has 1 amide bonds. The molecule has 94 valence electrons. The number of anilines is 1. The predicted octanol–water partition coefficient (Wildman–Crippen LogP) is 2.96. The first-order valence-electron chi connectivity index (χ1n) is 5.70. The summed E-state index contributed by atoms with van der Waals surface area (Å²) < 4.78 is 1.00. The molecule has 0 heterocycles. The second-order valence-corrected chi connectivity index (χ2v) is 5.05. The minimum absolute atomic E-state index is 0.0966. The molecule has 0 fully saturated rings. The number of halogens is 1. The van der Waals surface area contributed by atoms with Gasteiger partial charge in [0.15, 0.2) is 0 Å². The van der Waals surface area contributed by atoms with Crippen molar-refractivity contribution in [1.29, 1.82) is 0 Å². The van der Waals surface area contributed by atoms with Crippen LogP contribution in [0.25, 0.3) is 0 Å². The third-order valence-corrected chi connectivity index (χ3v) is 3.37. The minimum Gasteiger partial charge on any atom is -0.375 e. The molecule has 1 aromatic carbocycles. The van der Waals surface area contributed by atoms with Crippen molar-refractivity contribution in [2.24, 2.45) is 0 Å².